The molecule has 1 amide bonds. The number of benzene rings is 2. The van der Waals surface area contributed by atoms with Gasteiger partial charge in [-0.25, -0.2) is 0 Å². The number of nitro benzene ring substituents is 1. The van der Waals surface area contributed by atoms with Gasteiger partial charge in [0.25, 0.3) is 11.6 Å². The number of furan rings is 1. The smallest absolute Gasteiger partial charge is 0.291 e. The molecule has 7 heteroatoms. The maximum atomic E-state index is 12.3. The van der Waals surface area contributed by atoms with E-state index in [1.54, 1.807) is 42.5 Å². The lowest BCUT2D eigenvalue weighted by molar-refractivity contribution is -0.384. The Morgan fingerprint density at radius 3 is 2.62 bits per heavy atom. The van der Waals surface area contributed by atoms with Crippen molar-refractivity contribution < 1.29 is 18.9 Å². The molecule has 1 aromatic heterocycles. The zero-order chi connectivity index (χ0) is 18.5. The Hall–Kier alpha value is -3.61. The van der Waals surface area contributed by atoms with Gasteiger partial charge in [0.15, 0.2) is 5.76 Å². The first-order valence-corrected chi connectivity index (χ1v) is 7.95. The van der Waals surface area contributed by atoms with Gasteiger partial charge < -0.3 is 14.5 Å². The van der Waals surface area contributed by atoms with Crippen LogP contribution in [0.15, 0.2) is 65.1 Å². The lowest BCUT2D eigenvalue weighted by Crippen LogP contribution is -2.10. The molecule has 3 aromatic rings. The number of nitrogens with zero attached hydrogens (tertiary/aromatic N) is 1. The number of non-ortho nitro benzene ring substituents is 1. The molecule has 26 heavy (non-hydrogen) atoms. The van der Waals surface area contributed by atoms with Gasteiger partial charge in [-0.1, -0.05) is 12.1 Å². The van der Waals surface area contributed by atoms with Gasteiger partial charge in [-0.3, -0.25) is 14.9 Å². The molecule has 0 aliphatic heterocycles. The van der Waals surface area contributed by atoms with E-state index < -0.39 is 10.8 Å². The van der Waals surface area contributed by atoms with Gasteiger partial charge in [-0.15, -0.1) is 0 Å². The van der Waals surface area contributed by atoms with Crippen LogP contribution in [0.4, 0.5) is 11.4 Å². The summed E-state index contributed by atoms with van der Waals surface area (Å²) in [7, 11) is 0. The van der Waals surface area contributed by atoms with Gasteiger partial charge in [-0.05, 0) is 43.3 Å². The highest BCUT2D eigenvalue weighted by atomic mass is 16.6. The van der Waals surface area contributed by atoms with Crippen LogP contribution in [0.1, 0.15) is 17.5 Å². The number of nitrogens with one attached hydrogen (secondary N) is 1. The Morgan fingerprint density at radius 2 is 1.92 bits per heavy atom. The molecule has 0 spiro atoms. The van der Waals surface area contributed by atoms with E-state index in [0.717, 1.165) is 5.75 Å². The molecule has 7 nitrogen and oxygen atoms in total. The summed E-state index contributed by atoms with van der Waals surface area (Å²) in [4.78, 5) is 22.7. The summed E-state index contributed by atoms with van der Waals surface area (Å²) in [5.41, 5.74) is 1.09. The number of hydrogen-bond acceptors (Lipinski definition) is 5. The summed E-state index contributed by atoms with van der Waals surface area (Å²) in [6, 6.07) is 16.1. The van der Waals surface area contributed by atoms with Gasteiger partial charge in [0.05, 0.1) is 11.5 Å². The Bertz CT molecular complexity index is 931. The number of anilines is 1. The molecule has 0 fully saturated rings. The SMILES string of the molecule is CCOc1ccc(NC(=O)c2ccc(-c3cccc([N+](=O)[O-])c3)o2)cc1. The molecule has 0 aliphatic rings. The van der Waals surface area contributed by atoms with E-state index in [-0.39, 0.29) is 11.4 Å². The Morgan fingerprint density at radius 1 is 1.15 bits per heavy atom. The number of amides is 1. The van der Waals surface area contributed by atoms with Crippen molar-refractivity contribution in [2.24, 2.45) is 0 Å². The van der Waals surface area contributed by atoms with Crippen molar-refractivity contribution in [1.29, 1.82) is 0 Å². The van der Waals surface area contributed by atoms with Crippen molar-refractivity contribution in [2.75, 3.05) is 11.9 Å². The van der Waals surface area contributed by atoms with Gasteiger partial charge in [-0.2, -0.15) is 0 Å². The topological polar surface area (TPSA) is 94.6 Å². The number of carbonyl (C=O) groups is 1. The molecule has 0 atom stereocenters. The minimum atomic E-state index is -0.480. The van der Waals surface area contributed by atoms with Crippen molar-refractivity contribution in [3.8, 4) is 17.1 Å². The highest BCUT2D eigenvalue weighted by Crippen LogP contribution is 2.26. The van der Waals surface area contributed by atoms with E-state index >= 15 is 0 Å². The maximum absolute atomic E-state index is 12.3. The molecule has 0 bridgehead atoms. The summed E-state index contributed by atoms with van der Waals surface area (Å²) >= 11 is 0. The van der Waals surface area contributed by atoms with Gasteiger partial charge in [0.1, 0.15) is 11.5 Å². The first kappa shape index (κ1) is 17.2. The van der Waals surface area contributed by atoms with Crippen LogP contribution in [0.25, 0.3) is 11.3 Å². The third kappa shape index (κ3) is 3.89. The van der Waals surface area contributed by atoms with E-state index in [2.05, 4.69) is 5.32 Å². The van der Waals surface area contributed by atoms with Crippen molar-refractivity contribution in [1.82, 2.24) is 0 Å². The van der Waals surface area contributed by atoms with Crippen LogP contribution < -0.4 is 10.1 Å². The van der Waals surface area contributed by atoms with E-state index in [4.69, 9.17) is 9.15 Å². The van der Waals surface area contributed by atoms with E-state index in [1.165, 1.54) is 18.2 Å². The third-order valence-corrected chi connectivity index (χ3v) is 3.59. The first-order valence-electron chi connectivity index (χ1n) is 7.95. The summed E-state index contributed by atoms with van der Waals surface area (Å²) in [5.74, 6) is 0.799. The minimum absolute atomic E-state index is 0.0423. The van der Waals surface area contributed by atoms with Crippen molar-refractivity contribution >= 4 is 17.3 Å². The van der Waals surface area contributed by atoms with Crippen molar-refractivity contribution in [3.05, 3.63) is 76.5 Å². The van der Waals surface area contributed by atoms with Gasteiger partial charge >= 0.3 is 0 Å². The van der Waals surface area contributed by atoms with Crippen LogP contribution in [0.3, 0.4) is 0 Å². The molecule has 132 valence electrons. The summed E-state index contributed by atoms with van der Waals surface area (Å²) < 4.78 is 10.9. The first-order chi connectivity index (χ1) is 12.6. The fourth-order valence-electron chi connectivity index (χ4n) is 2.38. The Balaban J connectivity index is 1.73. The van der Waals surface area contributed by atoms with E-state index in [1.807, 2.05) is 6.92 Å². The van der Waals surface area contributed by atoms with Crippen molar-refractivity contribution in [2.45, 2.75) is 6.92 Å². The number of nitro groups is 1. The van der Waals surface area contributed by atoms with Crippen LogP contribution >= 0.6 is 0 Å². The molecule has 0 radical (unpaired) electrons. The molecule has 0 saturated carbocycles. The van der Waals surface area contributed by atoms with Crippen LogP contribution in [-0.2, 0) is 0 Å². The summed E-state index contributed by atoms with van der Waals surface area (Å²) in [5, 5.41) is 13.6. The van der Waals surface area contributed by atoms with Crippen molar-refractivity contribution in [3.63, 3.8) is 0 Å². The minimum Gasteiger partial charge on any atom is -0.494 e. The van der Waals surface area contributed by atoms with Crippen LogP contribution in [0, 0.1) is 10.1 Å². The molecular formula is C19H16N2O5. The predicted octanol–water partition coefficient (Wildman–Crippen LogP) is 4.51. The molecule has 0 aliphatic carbocycles. The standard InChI is InChI=1S/C19H16N2O5/c1-2-25-16-8-6-14(7-9-16)20-19(22)18-11-10-17(26-18)13-4-3-5-15(12-13)21(23)24/h3-12H,2H2,1H3,(H,20,22). The number of rotatable bonds is 6. The van der Waals surface area contributed by atoms with Crippen LogP contribution in [0.2, 0.25) is 0 Å². The third-order valence-electron chi connectivity index (χ3n) is 3.59. The highest BCUT2D eigenvalue weighted by molar-refractivity contribution is 6.02. The normalized spacial score (nSPS) is 10.3. The Labute approximate surface area is 149 Å². The van der Waals surface area contributed by atoms with E-state index in [0.29, 0.717) is 23.6 Å². The van der Waals surface area contributed by atoms with Gasteiger partial charge in [0.2, 0.25) is 0 Å². The molecular weight excluding hydrogens is 336 g/mol. The van der Waals surface area contributed by atoms with E-state index in [9.17, 15) is 14.9 Å². The second kappa shape index (κ2) is 7.52. The summed E-state index contributed by atoms with van der Waals surface area (Å²) in [6.45, 7) is 2.46. The molecule has 3 rings (SSSR count). The van der Waals surface area contributed by atoms with Crippen LogP contribution in [-0.4, -0.2) is 17.4 Å². The highest BCUT2D eigenvalue weighted by Gasteiger charge is 2.14. The largest absolute Gasteiger partial charge is 0.494 e. The monoisotopic (exact) mass is 352 g/mol. The molecule has 0 saturated heterocycles. The number of hydrogen-bond donors (Lipinski definition) is 1. The van der Waals surface area contributed by atoms with Crippen LogP contribution in [0.5, 0.6) is 5.75 Å². The van der Waals surface area contributed by atoms with Gasteiger partial charge in [0, 0.05) is 23.4 Å². The molecule has 0 unspecified atom stereocenters. The fraction of sp³-hybridized carbons (Fsp3) is 0.105. The second-order valence-electron chi connectivity index (χ2n) is 5.38. The number of carbonyl (C=O) groups excluding carboxylic acids is 1. The molecule has 2 aromatic carbocycles. The molecule has 1 N–H and O–H groups in total. The quantitative estimate of drug-likeness (QED) is 0.520. The molecule has 1 heterocycles. The predicted molar refractivity (Wildman–Crippen MR) is 96.4 cm³/mol. The zero-order valence-corrected chi connectivity index (χ0v) is 14.0. The zero-order valence-electron chi connectivity index (χ0n) is 14.0. The fourth-order valence-corrected chi connectivity index (χ4v) is 2.38. The second-order valence-corrected chi connectivity index (χ2v) is 5.38. The average Bonchev–Trinajstić information content (AvgIpc) is 3.14. The average molecular weight is 352 g/mol. The summed E-state index contributed by atoms with van der Waals surface area (Å²) in [6.07, 6.45) is 0. The number of ether oxygens (including phenoxy) is 1. The Kier molecular flexibility index (Phi) is 4.98. The lowest BCUT2D eigenvalue weighted by atomic mass is 10.1. The lowest BCUT2D eigenvalue weighted by Gasteiger charge is -2.06. The maximum Gasteiger partial charge on any atom is 0.291 e.